The Morgan fingerprint density at radius 1 is 1.27 bits per heavy atom. The van der Waals surface area contributed by atoms with Gasteiger partial charge in [-0.15, -0.1) is 0 Å². The Labute approximate surface area is 155 Å². The number of aliphatic hydroxyl groups is 1. The number of amides is 1. The first-order valence-corrected chi connectivity index (χ1v) is 8.54. The molecular formula is C19H29N3O4. The van der Waals surface area contributed by atoms with E-state index < -0.39 is 23.3 Å². The molecule has 144 valence electrons. The third kappa shape index (κ3) is 8.70. The van der Waals surface area contributed by atoms with Gasteiger partial charge in [-0.2, -0.15) is 5.26 Å². The van der Waals surface area contributed by atoms with Gasteiger partial charge >= 0.3 is 6.09 Å². The van der Waals surface area contributed by atoms with Gasteiger partial charge < -0.3 is 25.2 Å². The average molecular weight is 363 g/mol. The molecule has 1 unspecified atom stereocenters. The van der Waals surface area contributed by atoms with Crippen LogP contribution in [-0.2, 0) is 4.74 Å². The van der Waals surface area contributed by atoms with Crippen LogP contribution in [0.1, 0.15) is 40.2 Å². The minimum Gasteiger partial charge on any atom is -0.489 e. The van der Waals surface area contributed by atoms with Gasteiger partial charge in [-0.25, -0.2) is 4.79 Å². The fraction of sp³-hybridized carbons (Fsp3) is 0.579. The van der Waals surface area contributed by atoms with Crippen molar-refractivity contribution >= 4 is 6.09 Å². The van der Waals surface area contributed by atoms with E-state index in [4.69, 9.17) is 14.7 Å². The zero-order valence-electron chi connectivity index (χ0n) is 16.1. The molecule has 0 aliphatic carbocycles. The van der Waals surface area contributed by atoms with Crippen LogP contribution in [0.15, 0.2) is 24.3 Å². The highest BCUT2D eigenvalue weighted by Gasteiger charge is 2.22. The van der Waals surface area contributed by atoms with Crippen LogP contribution in [0.2, 0.25) is 0 Å². The summed E-state index contributed by atoms with van der Waals surface area (Å²) in [5.41, 5.74) is -0.563. The molecule has 0 bridgehead atoms. The average Bonchev–Trinajstić information content (AvgIpc) is 2.55. The highest BCUT2D eigenvalue weighted by atomic mass is 16.6. The summed E-state index contributed by atoms with van der Waals surface area (Å²) in [6.07, 6.45) is -1.24. The molecule has 1 atom stereocenters. The standard InChI is InChI=1S/C19H29N3O4/c1-18(2,3)26-17(24)21-13-19(4,5)22-11-15(23)12-25-16-9-7-6-8-14(16)10-20/h6-9,15,22-23H,11-13H2,1-5H3,(H,21,24). The summed E-state index contributed by atoms with van der Waals surface area (Å²) in [6, 6.07) is 8.91. The maximum Gasteiger partial charge on any atom is 0.407 e. The summed E-state index contributed by atoms with van der Waals surface area (Å²) in [4.78, 5) is 11.7. The second-order valence-corrected chi connectivity index (χ2v) is 7.69. The summed E-state index contributed by atoms with van der Waals surface area (Å²) >= 11 is 0. The number of aliphatic hydroxyl groups excluding tert-OH is 1. The van der Waals surface area contributed by atoms with Crippen molar-refractivity contribution in [1.29, 1.82) is 5.26 Å². The summed E-state index contributed by atoms with van der Waals surface area (Å²) in [5.74, 6) is 0.444. The molecule has 0 aliphatic rings. The molecule has 26 heavy (non-hydrogen) atoms. The maximum absolute atomic E-state index is 11.7. The number of carbonyl (C=O) groups excluding carboxylic acids is 1. The Hall–Kier alpha value is -2.30. The second-order valence-electron chi connectivity index (χ2n) is 7.69. The molecule has 1 aromatic rings. The minimum absolute atomic E-state index is 0.0568. The molecule has 0 aromatic heterocycles. The maximum atomic E-state index is 11.7. The van der Waals surface area contributed by atoms with Gasteiger partial charge in [0.05, 0.1) is 5.56 Å². The first kappa shape index (κ1) is 21.7. The van der Waals surface area contributed by atoms with Crippen molar-refractivity contribution in [2.75, 3.05) is 19.7 Å². The normalized spacial score (nSPS) is 12.8. The van der Waals surface area contributed by atoms with Gasteiger partial charge in [0.2, 0.25) is 0 Å². The number of nitrogens with one attached hydrogen (secondary N) is 2. The third-order valence-corrected chi connectivity index (χ3v) is 3.33. The summed E-state index contributed by atoms with van der Waals surface area (Å²) in [6.45, 7) is 9.89. The largest absolute Gasteiger partial charge is 0.489 e. The van der Waals surface area contributed by atoms with Gasteiger partial charge in [-0.05, 0) is 46.8 Å². The van der Waals surface area contributed by atoms with Crippen LogP contribution in [0.5, 0.6) is 5.75 Å². The molecule has 3 N–H and O–H groups in total. The van der Waals surface area contributed by atoms with Crippen molar-refractivity contribution in [3.63, 3.8) is 0 Å². The second kappa shape index (κ2) is 9.41. The fourth-order valence-corrected chi connectivity index (χ4v) is 1.99. The number of rotatable bonds is 8. The quantitative estimate of drug-likeness (QED) is 0.654. The lowest BCUT2D eigenvalue weighted by atomic mass is 10.1. The number of hydrogen-bond acceptors (Lipinski definition) is 6. The number of β-amino-alcohol motifs (C(OH)–C–C–N with tert-alkyl or cyclic N) is 1. The number of para-hydroxylation sites is 1. The smallest absolute Gasteiger partial charge is 0.407 e. The van der Waals surface area contributed by atoms with Gasteiger partial charge in [-0.3, -0.25) is 0 Å². The lowest BCUT2D eigenvalue weighted by molar-refractivity contribution is 0.0509. The molecule has 1 rings (SSSR count). The number of nitrogens with zero attached hydrogens (tertiary/aromatic N) is 1. The van der Waals surface area contributed by atoms with Gasteiger partial charge in [0, 0.05) is 18.6 Å². The topological polar surface area (TPSA) is 104 Å². The lowest BCUT2D eigenvalue weighted by Gasteiger charge is -2.29. The van der Waals surface area contributed by atoms with E-state index in [0.29, 0.717) is 17.9 Å². The van der Waals surface area contributed by atoms with Crippen molar-refractivity contribution in [3.05, 3.63) is 29.8 Å². The van der Waals surface area contributed by atoms with Gasteiger partial charge in [0.1, 0.15) is 30.1 Å². The molecule has 0 aliphatic heterocycles. The lowest BCUT2D eigenvalue weighted by Crippen LogP contribution is -2.52. The van der Waals surface area contributed by atoms with Crippen molar-refractivity contribution in [3.8, 4) is 11.8 Å². The summed E-state index contributed by atoms with van der Waals surface area (Å²) in [5, 5.41) is 25.0. The van der Waals surface area contributed by atoms with Crippen LogP contribution in [-0.4, -0.2) is 48.1 Å². The Kier molecular flexibility index (Phi) is 7.87. The predicted molar refractivity (Wildman–Crippen MR) is 99.0 cm³/mol. The van der Waals surface area contributed by atoms with Gasteiger partial charge in [-0.1, -0.05) is 12.1 Å². The molecule has 0 saturated carbocycles. The van der Waals surface area contributed by atoms with Crippen molar-refractivity contribution in [2.45, 2.75) is 51.9 Å². The Bertz CT molecular complexity index is 632. The number of ether oxygens (including phenoxy) is 2. The third-order valence-electron chi connectivity index (χ3n) is 3.33. The summed E-state index contributed by atoms with van der Waals surface area (Å²) in [7, 11) is 0. The van der Waals surface area contributed by atoms with E-state index in [9.17, 15) is 9.90 Å². The number of hydrogen-bond donors (Lipinski definition) is 3. The monoisotopic (exact) mass is 363 g/mol. The van der Waals surface area contributed by atoms with E-state index in [1.165, 1.54) is 0 Å². The Morgan fingerprint density at radius 3 is 2.54 bits per heavy atom. The van der Waals surface area contributed by atoms with Crippen molar-refractivity contribution in [2.24, 2.45) is 0 Å². The van der Waals surface area contributed by atoms with E-state index in [2.05, 4.69) is 10.6 Å². The van der Waals surface area contributed by atoms with E-state index >= 15 is 0 Å². The van der Waals surface area contributed by atoms with Crippen molar-refractivity contribution in [1.82, 2.24) is 10.6 Å². The SMILES string of the molecule is CC(C)(CNC(=O)OC(C)(C)C)NCC(O)COc1ccccc1C#N. The zero-order valence-corrected chi connectivity index (χ0v) is 16.1. The highest BCUT2D eigenvalue weighted by molar-refractivity contribution is 5.67. The highest BCUT2D eigenvalue weighted by Crippen LogP contribution is 2.16. The molecule has 0 heterocycles. The molecule has 1 aromatic carbocycles. The Balaban J connectivity index is 2.37. The van der Waals surface area contributed by atoms with Crippen molar-refractivity contribution < 1.29 is 19.4 Å². The molecular weight excluding hydrogens is 334 g/mol. The first-order valence-electron chi connectivity index (χ1n) is 8.54. The summed E-state index contributed by atoms with van der Waals surface area (Å²) < 4.78 is 10.7. The number of carbonyl (C=O) groups is 1. The number of benzene rings is 1. The predicted octanol–water partition coefficient (Wildman–Crippen LogP) is 2.19. The Morgan fingerprint density at radius 2 is 1.92 bits per heavy atom. The van der Waals surface area contributed by atoms with Gasteiger partial charge in [0.25, 0.3) is 0 Å². The van der Waals surface area contributed by atoms with E-state index in [1.807, 2.05) is 19.9 Å². The van der Waals surface area contributed by atoms with Crippen LogP contribution in [0.3, 0.4) is 0 Å². The van der Waals surface area contributed by atoms with Crippen LogP contribution in [0.25, 0.3) is 0 Å². The van der Waals surface area contributed by atoms with E-state index in [0.717, 1.165) is 0 Å². The molecule has 0 fully saturated rings. The van der Waals surface area contributed by atoms with Crippen LogP contribution in [0.4, 0.5) is 4.79 Å². The fourth-order valence-electron chi connectivity index (χ4n) is 1.99. The molecule has 7 nitrogen and oxygen atoms in total. The number of nitriles is 1. The van der Waals surface area contributed by atoms with Crippen LogP contribution < -0.4 is 15.4 Å². The molecule has 0 saturated heterocycles. The van der Waals surface area contributed by atoms with E-state index in [-0.39, 0.29) is 13.2 Å². The molecule has 0 spiro atoms. The molecule has 0 radical (unpaired) electrons. The van der Waals surface area contributed by atoms with Gasteiger partial charge in [0.15, 0.2) is 0 Å². The first-order chi connectivity index (χ1) is 12.0. The molecule has 1 amide bonds. The van der Waals surface area contributed by atoms with E-state index in [1.54, 1.807) is 45.0 Å². The van der Waals surface area contributed by atoms with Crippen LogP contribution in [0, 0.1) is 11.3 Å². The van der Waals surface area contributed by atoms with Crippen LogP contribution >= 0.6 is 0 Å². The molecule has 7 heteroatoms. The minimum atomic E-state index is -0.762. The zero-order chi connectivity index (χ0) is 19.8. The number of alkyl carbamates (subject to hydrolysis) is 1.